The lowest BCUT2D eigenvalue weighted by Gasteiger charge is -2.52. The number of ketones is 4. The number of primary amides is 1. The maximum absolute atomic E-state index is 14.3. The molecule has 0 saturated heterocycles. The second kappa shape index (κ2) is 13.7. The summed E-state index contributed by atoms with van der Waals surface area (Å²) >= 11 is 0. The molecule has 3 aliphatic rings. The average Bonchev–Trinajstić information content (AvgIpc) is 2.95. The van der Waals surface area contributed by atoms with Gasteiger partial charge in [-0.1, -0.05) is 39.5 Å². The number of aliphatic hydroxyl groups is 1. The largest absolute Gasteiger partial charge is 0.507 e. The topological polar surface area (TPSA) is 162 Å². The van der Waals surface area contributed by atoms with Gasteiger partial charge in [-0.2, -0.15) is 0 Å². The molecule has 248 valence electrons. The maximum Gasteiger partial charge on any atom is 0.235 e. The second-order valence-electron chi connectivity index (χ2n) is 13.6. The van der Waals surface area contributed by atoms with Crippen molar-refractivity contribution in [2.75, 3.05) is 46.2 Å². The van der Waals surface area contributed by atoms with E-state index in [2.05, 4.69) is 18.7 Å². The first-order valence-corrected chi connectivity index (χ1v) is 16.3. The number of phenols is 1. The van der Waals surface area contributed by atoms with E-state index in [-0.39, 0.29) is 24.2 Å². The highest BCUT2D eigenvalue weighted by Crippen LogP contribution is 2.52. The zero-order valence-electron chi connectivity index (χ0n) is 27.6. The van der Waals surface area contributed by atoms with Crippen molar-refractivity contribution in [2.45, 2.75) is 83.4 Å². The Hall–Kier alpha value is -3.15. The Balaban J connectivity index is 1.79. The number of anilines is 1. The van der Waals surface area contributed by atoms with Gasteiger partial charge in [-0.15, -0.1) is 0 Å². The fraction of sp³-hybridized carbons (Fsp3) is 0.676. The number of Topliss-reactive ketones (excluding diaryl/α,β-unsaturated/α-hetero) is 4. The molecule has 2 fully saturated rings. The molecule has 1 amide bonds. The highest BCUT2D eigenvalue weighted by Gasteiger charge is 2.69. The number of phenolic OH excluding ortho intramolecular Hbond substituents is 1. The molecular formula is C34H50N4O7. The predicted molar refractivity (Wildman–Crippen MR) is 170 cm³/mol. The van der Waals surface area contributed by atoms with Gasteiger partial charge in [0.2, 0.25) is 5.91 Å². The van der Waals surface area contributed by atoms with E-state index in [4.69, 9.17) is 5.73 Å². The third-order valence-electron chi connectivity index (χ3n) is 10.1. The highest BCUT2D eigenvalue weighted by atomic mass is 16.3. The van der Waals surface area contributed by atoms with Gasteiger partial charge in [0.1, 0.15) is 5.75 Å². The minimum Gasteiger partial charge on any atom is -0.507 e. The van der Waals surface area contributed by atoms with Crippen LogP contribution in [0, 0.1) is 23.7 Å². The standard InChI is InChI=1S/C34H50N4O7/c1-7-9-11-13-38(14-12-10-8-2)18-20-17-23(36(3)4)21-15-19-16-22-27(37(5)6)30(41)26(33(35)44)32(43)34(22,45)31(42)24(19)29(40)25(21)28(20)39/h17,19,22,24,26-27,39,45H,7-16,18H2,1-6H3,(H2,35,44). The summed E-state index contributed by atoms with van der Waals surface area (Å²) in [5.41, 5.74) is 4.69. The van der Waals surface area contributed by atoms with Crippen molar-refractivity contribution in [1.29, 1.82) is 0 Å². The van der Waals surface area contributed by atoms with Crippen LogP contribution >= 0.6 is 0 Å². The van der Waals surface area contributed by atoms with Gasteiger partial charge in [0.05, 0.1) is 17.5 Å². The Morgan fingerprint density at radius 2 is 1.58 bits per heavy atom. The van der Waals surface area contributed by atoms with Gasteiger partial charge >= 0.3 is 0 Å². The fourth-order valence-electron chi connectivity index (χ4n) is 7.91. The van der Waals surface area contributed by atoms with E-state index in [0.717, 1.165) is 57.3 Å². The summed E-state index contributed by atoms with van der Waals surface area (Å²) in [7, 11) is 6.88. The van der Waals surface area contributed by atoms with Gasteiger partial charge in [0.25, 0.3) is 0 Å². The van der Waals surface area contributed by atoms with Crippen LogP contribution in [-0.2, 0) is 32.1 Å². The number of likely N-dealkylation sites (N-methyl/N-ethyl adjacent to an activating group) is 1. The lowest BCUT2D eigenvalue weighted by atomic mass is 9.52. The molecule has 45 heavy (non-hydrogen) atoms. The number of nitrogens with two attached hydrogens (primary N) is 1. The van der Waals surface area contributed by atoms with Crippen molar-refractivity contribution in [3.8, 4) is 5.75 Å². The lowest BCUT2D eigenvalue weighted by molar-refractivity contribution is -0.181. The number of unbranched alkanes of at least 4 members (excludes halogenated alkanes) is 4. The van der Waals surface area contributed by atoms with Gasteiger partial charge in [-0.3, -0.25) is 33.8 Å². The Bertz CT molecular complexity index is 1350. The molecule has 1 aromatic rings. The fourth-order valence-corrected chi connectivity index (χ4v) is 7.91. The van der Waals surface area contributed by atoms with E-state index in [1.165, 1.54) is 4.90 Å². The zero-order chi connectivity index (χ0) is 33.4. The molecule has 0 aromatic heterocycles. The summed E-state index contributed by atoms with van der Waals surface area (Å²) in [6.45, 7) is 6.44. The van der Waals surface area contributed by atoms with E-state index >= 15 is 0 Å². The quantitative estimate of drug-likeness (QED) is 0.218. The van der Waals surface area contributed by atoms with Crippen molar-refractivity contribution in [3.63, 3.8) is 0 Å². The van der Waals surface area contributed by atoms with Gasteiger partial charge < -0.3 is 20.8 Å². The molecule has 11 nitrogen and oxygen atoms in total. The van der Waals surface area contributed by atoms with Crippen molar-refractivity contribution in [2.24, 2.45) is 29.4 Å². The molecule has 0 heterocycles. The normalized spacial score (nSPS) is 27.9. The number of carbonyl (C=O) groups is 5. The van der Waals surface area contributed by atoms with Gasteiger partial charge in [0, 0.05) is 37.8 Å². The number of hydrogen-bond donors (Lipinski definition) is 3. The number of fused-ring (bicyclic) bond motifs is 3. The molecule has 0 bridgehead atoms. The molecule has 4 N–H and O–H groups in total. The zero-order valence-corrected chi connectivity index (χ0v) is 27.6. The molecule has 4 rings (SSSR count). The Kier molecular flexibility index (Phi) is 10.6. The number of amides is 1. The van der Waals surface area contributed by atoms with Crippen LogP contribution in [0.3, 0.4) is 0 Å². The predicted octanol–water partition coefficient (Wildman–Crippen LogP) is 2.12. The van der Waals surface area contributed by atoms with Crippen LogP contribution < -0.4 is 10.6 Å². The SMILES string of the molecule is CCCCCN(CCCCC)Cc1cc(N(C)C)c2c(c1O)C(=O)C1C(=O)C3(O)C(=O)C(C(N)=O)C(=O)C(N(C)C)C3CC1C2. The van der Waals surface area contributed by atoms with Crippen LogP contribution in [0.1, 0.15) is 80.3 Å². The number of nitrogens with zero attached hydrogens (tertiary/aromatic N) is 3. The highest BCUT2D eigenvalue weighted by molar-refractivity contribution is 6.32. The van der Waals surface area contributed by atoms with E-state index < -0.39 is 64.4 Å². The minimum absolute atomic E-state index is 0.0297. The van der Waals surface area contributed by atoms with Gasteiger partial charge in [-0.05, 0) is 70.4 Å². The molecule has 6 atom stereocenters. The number of benzene rings is 1. The van der Waals surface area contributed by atoms with E-state index in [0.29, 0.717) is 17.7 Å². The first-order valence-electron chi connectivity index (χ1n) is 16.3. The van der Waals surface area contributed by atoms with E-state index in [1.54, 1.807) is 14.1 Å². The molecule has 6 unspecified atom stereocenters. The van der Waals surface area contributed by atoms with Crippen LogP contribution in [0.15, 0.2) is 6.07 Å². The Labute approximate surface area is 266 Å². The van der Waals surface area contributed by atoms with Crippen molar-refractivity contribution in [1.82, 2.24) is 9.80 Å². The van der Waals surface area contributed by atoms with E-state index in [1.807, 2.05) is 25.1 Å². The monoisotopic (exact) mass is 626 g/mol. The lowest BCUT2D eigenvalue weighted by Crippen LogP contribution is -2.74. The van der Waals surface area contributed by atoms with Crippen LogP contribution in [0.5, 0.6) is 5.75 Å². The number of rotatable bonds is 13. The Morgan fingerprint density at radius 3 is 2.09 bits per heavy atom. The molecule has 0 spiro atoms. The van der Waals surface area contributed by atoms with Crippen molar-refractivity contribution >= 4 is 34.7 Å². The third kappa shape index (κ3) is 6.06. The summed E-state index contributed by atoms with van der Waals surface area (Å²) in [5.74, 6) is -10.3. The smallest absolute Gasteiger partial charge is 0.235 e. The van der Waals surface area contributed by atoms with Gasteiger partial charge in [-0.25, -0.2) is 0 Å². The molecule has 0 aliphatic heterocycles. The number of carbonyl (C=O) groups excluding carboxylic acids is 5. The third-order valence-corrected chi connectivity index (χ3v) is 10.1. The summed E-state index contributed by atoms with van der Waals surface area (Å²) < 4.78 is 0. The molecular weight excluding hydrogens is 576 g/mol. The van der Waals surface area contributed by atoms with Crippen LogP contribution in [0.25, 0.3) is 0 Å². The summed E-state index contributed by atoms with van der Waals surface area (Å²) in [6.07, 6.45) is 6.65. The van der Waals surface area contributed by atoms with Crippen molar-refractivity contribution < 1.29 is 34.2 Å². The Morgan fingerprint density at radius 1 is 0.978 bits per heavy atom. The summed E-state index contributed by atoms with van der Waals surface area (Å²) in [5, 5.41) is 23.5. The second-order valence-corrected chi connectivity index (χ2v) is 13.6. The summed E-state index contributed by atoms with van der Waals surface area (Å²) in [4.78, 5) is 73.3. The number of aromatic hydroxyl groups is 1. The first-order chi connectivity index (χ1) is 21.2. The average molecular weight is 627 g/mol. The number of hydrogen-bond acceptors (Lipinski definition) is 10. The van der Waals surface area contributed by atoms with Crippen LogP contribution in [-0.4, -0.2) is 102 Å². The maximum atomic E-state index is 14.3. The van der Waals surface area contributed by atoms with Crippen molar-refractivity contribution in [3.05, 3.63) is 22.8 Å². The minimum atomic E-state index is -2.73. The van der Waals surface area contributed by atoms with Gasteiger partial charge in [0.15, 0.2) is 34.7 Å². The van der Waals surface area contributed by atoms with Crippen LogP contribution in [0.4, 0.5) is 5.69 Å². The van der Waals surface area contributed by atoms with Crippen LogP contribution in [0.2, 0.25) is 0 Å². The molecule has 0 radical (unpaired) electrons. The first kappa shape index (κ1) is 34.7. The van der Waals surface area contributed by atoms with E-state index in [9.17, 15) is 34.2 Å². The molecule has 3 aliphatic carbocycles. The molecule has 1 aromatic carbocycles. The summed E-state index contributed by atoms with van der Waals surface area (Å²) in [6, 6.07) is 0.797. The molecule has 2 saturated carbocycles. The molecule has 11 heteroatoms.